The normalized spacial score (nSPS) is 22.4. The van der Waals surface area contributed by atoms with Crippen LogP contribution in [0.25, 0.3) is 0 Å². The van der Waals surface area contributed by atoms with E-state index in [2.05, 4.69) is 4.90 Å². The van der Waals surface area contributed by atoms with Crippen LogP contribution in [0.4, 0.5) is 0 Å². The number of rotatable bonds is 4. The number of aromatic nitrogens is 1. The van der Waals surface area contributed by atoms with Crippen LogP contribution in [0.3, 0.4) is 0 Å². The van der Waals surface area contributed by atoms with E-state index in [4.69, 9.17) is 11.6 Å². The quantitative estimate of drug-likeness (QED) is 0.791. The van der Waals surface area contributed by atoms with Crippen molar-refractivity contribution < 1.29 is 8.42 Å². The zero-order valence-corrected chi connectivity index (χ0v) is 14.5. The highest BCUT2D eigenvalue weighted by atomic mass is 35.5. The molecule has 1 unspecified atom stereocenters. The van der Waals surface area contributed by atoms with Crippen molar-refractivity contribution in [3.63, 3.8) is 0 Å². The third-order valence-corrected chi connectivity index (χ3v) is 6.28. The molecule has 2 rings (SSSR count). The van der Waals surface area contributed by atoms with Gasteiger partial charge in [0.25, 0.3) is 0 Å². The second-order valence-electron chi connectivity index (χ2n) is 5.67. The largest absolute Gasteiger partial charge is 0.349 e. The van der Waals surface area contributed by atoms with Crippen LogP contribution in [0.2, 0.25) is 0 Å². The molecule has 5 nitrogen and oxygen atoms in total. The number of aryl methyl sites for hydroxylation is 1. The zero-order valence-electron chi connectivity index (χ0n) is 12.9. The van der Waals surface area contributed by atoms with Crippen LogP contribution in [0.1, 0.15) is 26.0 Å². The maximum atomic E-state index is 12.9. The topological polar surface area (TPSA) is 45.6 Å². The maximum absolute atomic E-state index is 12.9. The van der Waals surface area contributed by atoms with Crippen molar-refractivity contribution in [2.75, 3.05) is 26.7 Å². The molecule has 1 fully saturated rings. The van der Waals surface area contributed by atoms with Gasteiger partial charge in [-0.1, -0.05) is 0 Å². The van der Waals surface area contributed by atoms with Crippen LogP contribution in [0.5, 0.6) is 0 Å². The van der Waals surface area contributed by atoms with Gasteiger partial charge in [0.1, 0.15) is 4.90 Å². The average Bonchev–Trinajstić information content (AvgIpc) is 2.79. The van der Waals surface area contributed by atoms with Crippen LogP contribution in [0, 0.1) is 0 Å². The molecular formula is C14H24ClN3O2S. The SMILES string of the molecule is CCn1cc(S(=O)(=O)N2CCCN(C)CC2C)cc1CCl. The van der Waals surface area contributed by atoms with E-state index in [0.717, 1.165) is 31.7 Å². The fourth-order valence-corrected chi connectivity index (χ4v) is 4.87. The first kappa shape index (κ1) is 16.8. The van der Waals surface area contributed by atoms with Gasteiger partial charge in [-0.05, 0) is 39.9 Å². The third kappa shape index (κ3) is 3.44. The highest BCUT2D eigenvalue weighted by Gasteiger charge is 2.32. The Hall–Kier alpha value is -0.560. The predicted molar refractivity (Wildman–Crippen MR) is 85.1 cm³/mol. The first-order valence-corrected chi connectivity index (χ1v) is 9.33. The summed E-state index contributed by atoms with van der Waals surface area (Å²) < 4.78 is 29.3. The van der Waals surface area contributed by atoms with Crippen LogP contribution in [-0.2, 0) is 22.4 Å². The van der Waals surface area contributed by atoms with Crippen LogP contribution >= 0.6 is 11.6 Å². The summed E-state index contributed by atoms with van der Waals surface area (Å²) in [6.07, 6.45) is 2.56. The van der Waals surface area contributed by atoms with Crippen LogP contribution in [0.15, 0.2) is 17.2 Å². The summed E-state index contributed by atoms with van der Waals surface area (Å²) in [7, 11) is -1.42. The summed E-state index contributed by atoms with van der Waals surface area (Å²) in [6, 6.07) is 1.68. The van der Waals surface area contributed by atoms with E-state index in [0.29, 0.717) is 17.3 Å². The smallest absolute Gasteiger partial charge is 0.244 e. The van der Waals surface area contributed by atoms with Gasteiger partial charge < -0.3 is 9.47 Å². The Morgan fingerprint density at radius 2 is 2.10 bits per heavy atom. The minimum Gasteiger partial charge on any atom is -0.349 e. The average molecular weight is 334 g/mol. The summed E-state index contributed by atoms with van der Waals surface area (Å²) >= 11 is 5.90. The van der Waals surface area contributed by atoms with Crippen molar-refractivity contribution in [1.82, 2.24) is 13.8 Å². The standard InChI is InChI=1S/C14H24ClN3O2S/c1-4-17-11-14(8-13(17)9-15)21(19,20)18-7-5-6-16(3)10-12(18)2/h8,11-12H,4-7,9-10H2,1-3H3. The number of sulfonamides is 1. The molecular weight excluding hydrogens is 310 g/mol. The number of likely N-dealkylation sites (N-methyl/N-ethyl adjacent to an activating group) is 1. The molecule has 0 aromatic carbocycles. The molecule has 0 bridgehead atoms. The summed E-state index contributed by atoms with van der Waals surface area (Å²) in [4.78, 5) is 2.54. The highest BCUT2D eigenvalue weighted by molar-refractivity contribution is 7.89. The molecule has 0 N–H and O–H groups in total. The Morgan fingerprint density at radius 3 is 2.67 bits per heavy atom. The lowest BCUT2D eigenvalue weighted by Gasteiger charge is -2.26. The summed E-state index contributed by atoms with van der Waals surface area (Å²) in [5.41, 5.74) is 0.845. The first-order chi connectivity index (χ1) is 9.90. The van der Waals surface area contributed by atoms with Gasteiger partial charge in [-0.25, -0.2) is 8.42 Å². The number of halogens is 1. The lowest BCUT2D eigenvalue weighted by atomic mass is 10.3. The molecule has 0 aliphatic carbocycles. The fraction of sp³-hybridized carbons (Fsp3) is 0.714. The minimum absolute atomic E-state index is 0.0214. The van der Waals surface area contributed by atoms with Gasteiger partial charge in [0.05, 0.1) is 5.88 Å². The molecule has 0 spiro atoms. The number of alkyl halides is 1. The van der Waals surface area contributed by atoms with Crippen molar-refractivity contribution in [1.29, 1.82) is 0 Å². The predicted octanol–water partition coefficient (Wildman–Crippen LogP) is 1.96. The monoisotopic (exact) mass is 333 g/mol. The van der Waals surface area contributed by atoms with E-state index < -0.39 is 10.0 Å². The number of hydrogen-bond donors (Lipinski definition) is 0. The molecule has 2 heterocycles. The fourth-order valence-electron chi connectivity index (χ4n) is 2.91. The van der Waals surface area contributed by atoms with E-state index in [1.165, 1.54) is 0 Å². The number of nitrogens with zero attached hydrogens (tertiary/aromatic N) is 3. The summed E-state index contributed by atoms with van der Waals surface area (Å²) in [5, 5.41) is 0. The Morgan fingerprint density at radius 1 is 1.38 bits per heavy atom. The van der Waals surface area contributed by atoms with E-state index in [1.807, 2.05) is 25.5 Å². The number of hydrogen-bond acceptors (Lipinski definition) is 3. The Bertz CT molecular complexity index is 564. The second-order valence-corrected chi connectivity index (χ2v) is 7.83. The van der Waals surface area contributed by atoms with Gasteiger partial charge in [-0.15, -0.1) is 11.6 Å². The van der Waals surface area contributed by atoms with Crippen molar-refractivity contribution in [2.45, 2.75) is 43.6 Å². The van der Waals surface area contributed by atoms with Crippen molar-refractivity contribution >= 4 is 21.6 Å². The first-order valence-electron chi connectivity index (χ1n) is 7.35. The summed E-state index contributed by atoms with van der Waals surface area (Å²) in [6.45, 7) is 6.93. The molecule has 1 aromatic heterocycles. The van der Waals surface area contributed by atoms with Crippen molar-refractivity contribution in [2.24, 2.45) is 0 Å². The van der Waals surface area contributed by atoms with Crippen LogP contribution in [-0.4, -0.2) is 54.9 Å². The molecule has 0 radical (unpaired) electrons. The molecule has 1 saturated heterocycles. The molecule has 120 valence electrons. The molecule has 1 atom stereocenters. The van der Waals surface area contributed by atoms with E-state index in [1.54, 1.807) is 16.6 Å². The maximum Gasteiger partial charge on any atom is 0.244 e. The van der Waals surface area contributed by atoms with Gasteiger partial charge in [-0.2, -0.15) is 4.31 Å². The highest BCUT2D eigenvalue weighted by Crippen LogP contribution is 2.23. The van der Waals surface area contributed by atoms with E-state index >= 15 is 0 Å². The molecule has 1 aliphatic rings. The van der Waals surface area contributed by atoms with E-state index in [9.17, 15) is 8.42 Å². The molecule has 0 amide bonds. The second kappa shape index (κ2) is 6.69. The van der Waals surface area contributed by atoms with Gasteiger partial charge >= 0.3 is 0 Å². The Kier molecular flexibility index (Phi) is 5.35. The zero-order chi connectivity index (χ0) is 15.6. The molecule has 1 aliphatic heterocycles. The molecule has 21 heavy (non-hydrogen) atoms. The Labute approximate surface area is 132 Å². The van der Waals surface area contributed by atoms with Gasteiger partial charge in [0, 0.05) is 37.6 Å². The molecule has 0 saturated carbocycles. The lowest BCUT2D eigenvalue weighted by molar-refractivity contribution is 0.290. The lowest BCUT2D eigenvalue weighted by Crippen LogP contribution is -2.41. The molecule has 1 aromatic rings. The van der Waals surface area contributed by atoms with Gasteiger partial charge in [-0.3, -0.25) is 0 Å². The molecule has 7 heteroatoms. The van der Waals surface area contributed by atoms with Crippen molar-refractivity contribution in [3.8, 4) is 0 Å². The minimum atomic E-state index is -3.45. The van der Waals surface area contributed by atoms with Crippen molar-refractivity contribution in [3.05, 3.63) is 18.0 Å². The van der Waals surface area contributed by atoms with Gasteiger partial charge in [0.15, 0.2) is 0 Å². The third-order valence-electron chi connectivity index (χ3n) is 4.03. The van der Waals surface area contributed by atoms with Crippen LogP contribution < -0.4 is 0 Å². The summed E-state index contributed by atoms with van der Waals surface area (Å²) in [5.74, 6) is 0.321. The van der Waals surface area contributed by atoms with Gasteiger partial charge in [0.2, 0.25) is 10.0 Å². The van der Waals surface area contributed by atoms with E-state index in [-0.39, 0.29) is 6.04 Å². The Balaban J connectivity index is 2.34.